The van der Waals surface area contributed by atoms with E-state index in [0.29, 0.717) is 0 Å². The third kappa shape index (κ3) is 2.24. The number of aliphatic hydroxyl groups is 1. The Balaban J connectivity index is 2.40. The van der Waals surface area contributed by atoms with Gasteiger partial charge in [0.15, 0.2) is 0 Å². The number of benzene rings is 1. The molecule has 0 radical (unpaired) electrons. The third-order valence-electron chi connectivity index (χ3n) is 3.09. The molecular weight excluding hydrogens is 212 g/mol. The first-order valence-electron chi connectivity index (χ1n) is 5.90. The molecule has 2 aromatic rings. The SMILES string of the molecule is CCc1cc(C(O)c2ccccc2C)n(C)n1. The fraction of sp³-hybridized carbons (Fsp3) is 0.357. The Labute approximate surface area is 102 Å². The second-order valence-electron chi connectivity index (χ2n) is 4.30. The van der Waals surface area contributed by atoms with Gasteiger partial charge in [0.1, 0.15) is 6.10 Å². The van der Waals surface area contributed by atoms with Gasteiger partial charge in [0.05, 0.1) is 11.4 Å². The fourth-order valence-electron chi connectivity index (χ4n) is 2.02. The normalized spacial score (nSPS) is 12.7. The molecule has 1 aromatic heterocycles. The minimum Gasteiger partial charge on any atom is -0.382 e. The topological polar surface area (TPSA) is 38.0 Å². The van der Waals surface area contributed by atoms with Gasteiger partial charge in [-0.3, -0.25) is 4.68 Å². The van der Waals surface area contributed by atoms with Gasteiger partial charge in [-0.1, -0.05) is 31.2 Å². The second kappa shape index (κ2) is 4.72. The van der Waals surface area contributed by atoms with Crippen molar-refractivity contribution in [3.05, 3.63) is 52.8 Å². The molecule has 0 amide bonds. The molecule has 1 unspecified atom stereocenters. The summed E-state index contributed by atoms with van der Waals surface area (Å²) < 4.78 is 1.76. The van der Waals surface area contributed by atoms with E-state index < -0.39 is 6.10 Å². The van der Waals surface area contributed by atoms with Gasteiger partial charge in [-0.15, -0.1) is 0 Å². The van der Waals surface area contributed by atoms with Crippen molar-refractivity contribution >= 4 is 0 Å². The molecule has 3 heteroatoms. The molecule has 0 saturated carbocycles. The highest BCUT2D eigenvalue weighted by molar-refractivity contribution is 5.33. The quantitative estimate of drug-likeness (QED) is 0.879. The molecule has 1 atom stereocenters. The first kappa shape index (κ1) is 11.9. The molecule has 17 heavy (non-hydrogen) atoms. The lowest BCUT2D eigenvalue weighted by Gasteiger charge is -2.13. The van der Waals surface area contributed by atoms with Crippen LogP contribution in [0.15, 0.2) is 30.3 Å². The third-order valence-corrected chi connectivity index (χ3v) is 3.09. The number of hydrogen-bond acceptors (Lipinski definition) is 2. The maximum atomic E-state index is 10.4. The summed E-state index contributed by atoms with van der Waals surface area (Å²) >= 11 is 0. The molecule has 1 aromatic carbocycles. The Kier molecular flexibility index (Phi) is 3.29. The highest BCUT2D eigenvalue weighted by atomic mass is 16.3. The maximum Gasteiger partial charge on any atom is 0.121 e. The molecule has 2 rings (SSSR count). The average Bonchev–Trinajstić information content (AvgIpc) is 2.70. The van der Waals surface area contributed by atoms with Crippen molar-refractivity contribution < 1.29 is 5.11 Å². The van der Waals surface area contributed by atoms with E-state index in [2.05, 4.69) is 12.0 Å². The van der Waals surface area contributed by atoms with Crippen molar-refractivity contribution in [2.45, 2.75) is 26.4 Å². The van der Waals surface area contributed by atoms with Crippen LogP contribution in [-0.2, 0) is 13.5 Å². The lowest BCUT2D eigenvalue weighted by Crippen LogP contribution is -2.07. The molecule has 0 aliphatic rings. The smallest absolute Gasteiger partial charge is 0.121 e. The Morgan fingerprint density at radius 3 is 2.65 bits per heavy atom. The van der Waals surface area contributed by atoms with Crippen LogP contribution >= 0.6 is 0 Å². The van der Waals surface area contributed by atoms with Crippen LogP contribution in [0.25, 0.3) is 0 Å². The van der Waals surface area contributed by atoms with Gasteiger partial charge < -0.3 is 5.11 Å². The van der Waals surface area contributed by atoms with Crippen LogP contribution in [0.2, 0.25) is 0 Å². The number of aryl methyl sites for hydroxylation is 3. The summed E-state index contributed by atoms with van der Waals surface area (Å²) in [5, 5.41) is 14.8. The van der Waals surface area contributed by atoms with Crippen LogP contribution in [-0.4, -0.2) is 14.9 Å². The monoisotopic (exact) mass is 230 g/mol. The van der Waals surface area contributed by atoms with E-state index >= 15 is 0 Å². The maximum absolute atomic E-state index is 10.4. The molecule has 3 nitrogen and oxygen atoms in total. The van der Waals surface area contributed by atoms with Gasteiger partial charge in [-0.25, -0.2) is 0 Å². The molecule has 0 aliphatic carbocycles. The summed E-state index contributed by atoms with van der Waals surface area (Å²) in [5.41, 5.74) is 3.89. The molecule has 1 N–H and O–H groups in total. The summed E-state index contributed by atoms with van der Waals surface area (Å²) in [6, 6.07) is 9.86. The Morgan fingerprint density at radius 2 is 2.06 bits per heavy atom. The van der Waals surface area contributed by atoms with Crippen LogP contribution in [0.4, 0.5) is 0 Å². The number of aliphatic hydroxyl groups excluding tert-OH is 1. The molecule has 0 saturated heterocycles. The largest absolute Gasteiger partial charge is 0.382 e. The summed E-state index contributed by atoms with van der Waals surface area (Å²) in [7, 11) is 1.87. The number of rotatable bonds is 3. The van der Waals surface area contributed by atoms with E-state index in [1.807, 2.05) is 44.3 Å². The Morgan fingerprint density at radius 1 is 1.35 bits per heavy atom. The first-order valence-corrected chi connectivity index (χ1v) is 5.90. The van der Waals surface area contributed by atoms with E-state index in [4.69, 9.17) is 0 Å². The lowest BCUT2D eigenvalue weighted by atomic mass is 10.0. The number of nitrogens with zero attached hydrogens (tertiary/aromatic N) is 2. The zero-order valence-corrected chi connectivity index (χ0v) is 10.5. The van der Waals surface area contributed by atoms with Gasteiger partial charge in [-0.2, -0.15) is 5.10 Å². The van der Waals surface area contributed by atoms with E-state index in [9.17, 15) is 5.11 Å². The van der Waals surface area contributed by atoms with Crippen LogP contribution in [0.5, 0.6) is 0 Å². The average molecular weight is 230 g/mol. The summed E-state index contributed by atoms with van der Waals surface area (Å²) in [4.78, 5) is 0. The summed E-state index contributed by atoms with van der Waals surface area (Å²) in [5.74, 6) is 0. The molecule has 0 aliphatic heterocycles. The van der Waals surface area contributed by atoms with Gasteiger partial charge in [0, 0.05) is 7.05 Å². The molecule has 90 valence electrons. The Hall–Kier alpha value is -1.61. The molecule has 1 heterocycles. The zero-order chi connectivity index (χ0) is 12.4. The highest BCUT2D eigenvalue weighted by Crippen LogP contribution is 2.24. The van der Waals surface area contributed by atoms with Crippen LogP contribution in [0.1, 0.15) is 35.5 Å². The van der Waals surface area contributed by atoms with E-state index in [-0.39, 0.29) is 0 Å². The van der Waals surface area contributed by atoms with E-state index in [1.54, 1.807) is 4.68 Å². The van der Waals surface area contributed by atoms with E-state index in [1.165, 1.54) is 0 Å². The molecule has 0 fully saturated rings. The van der Waals surface area contributed by atoms with E-state index in [0.717, 1.165) is 28.9 Å². The predicted octanol–water partition coefficient (Wildman–Crippen LogP) is 2.37. The van der Waals surface area contributed by atoms with Gasteiger partial charge in [0.2, 0.25) is 0 Å². The van der Waals surface area contributed by atoms with Crippen molar-refractivity contribution in [2.75, 3.05) is 0 Å². The summed E-state index contributed by atoms with van der Waals surface area (Å²) in [6.45, 7) is 4.07. The minimum atomic E-state index is -0.603. The van der Waals surface area contributed by atoms with Crippen molar-refractivity contribution in [2.24, 2.45) is 7.05 Å². The van der Waals surface area contributed by atoms with Crippen LogP contribution in [0, 0.1) is 6.92 Å². The van der Waals surface area contributed by atoms with Gasteiger partial charge in [0.25, 0.3) is 0 Å². The second-order valence-corrected chi connectivity index (χ2v) is 4.30. The van der Waals surface area contributed by atoms with Crippen molar-refractivity contribution in [1.29, 1.82) is 0 Å². The fourth-order valence-corrected chi connectivity index (χ4v) is 2.02. The standard InChI is InChI=1S/C14H18N2O/c1-4-11-9-13(16(3)15-11)14(17)12-8-6-5-7-10(12)2/h5-9,14,17H,4H2,1-3H3. The number of hydrogen-bond donors (Lipinski definition) is 1. The van der Waals surface area contributed by atoms with Crippen LogP contribution in [0.3, 0.4) is 0 Å². The highest BCUT2D eigenvalue weighted by Gasteiger charge is 2.17. The van der Waals surface area contributed by atoms with Crippen LogP contribution < -0.4 is 0 Å². The summed E-state index contributed by atoms with van der Waals surface area (Å²) in [6.07, 6.45) is 0.280. The first-order chi connectivity index (χ1) is 8.13. The van der Waals surface area contributed by atoms with Crippen molar-refractivity contribution in [1.82, 2.24) is 9.78 Å². The van der Waals surface area contributed by atoms with Crippen molar-refractivity contribution in [3.63, 3.8) is 0 Å². The zero-order valence-electron chi connectivity index (χ0n) is 10.5. The van der Waals surface area contributed by atoms with Gasteiger partial charge >= 0.3 is 0 Å². The predicted molar refractivity (Wildman–Crippen MR) is 67.8 cm³/mol. The van der Waals surface area contributed by atoms with Gasteiger partial charge in [-0.05, 0) is 30.5 Å². The molecule has 0 bridgehead atoms. The Bertz CT molecular complexity index is 517. The molecular formula is C14H18N2O. The minimum absolute atomic E-state index is 0.603. The molecule has 0 spiro atoms. The van der Waals surface area contributed by atoms with Crippen molar-refractivity contribution in [3.8, 4) is 0 Å². The lowest BCUT2D eigenvalue weighted by molar-refractivity contribution is 0.209. The number of aromatic nitrogens is 2.